The molecule has 0 fully saturated rings. The lowest BCUT2D eigenvalue weighted by molar-refractivity contribution is 0.0521. The van der Waals surface area contributed by atoms with Gasteiger partial charge in [0.15, 0.2) is 0 Å². The van der Waals surface area contributed by atoms with Gasteiger partial charge in [-0.25, -0.2) is 28.3 Å². The lowest BCUT2D eigenvalue weighted by Gasteiger charge is -2.24. The van der Waals surface area contributed by atoms with E-state index in [1.54, 1.807) is 144 Å². The number of carbonyl (C=O) groups excluding carboxylic acids is 4. The largest absolute Gasteiger partial charge is 0.443 e. The molecule has 12 nitrogen and oxygen atoms in total. The Balaban J connectivity index is 1.74. The van der Waals surface area contributed by atoms with Gasteiger partial charge >= 0.3 is 24.4 Å². The first kappa shape index (κ1) is 39.4. The maximum absolute atomic E-state index is 14.2. The fourth-order valence-corrected chi connectivity index (χ4v) is 5.75. The van der Waals surface area contributed by atoms with E-state index in [-0.39, 0.29) is 0 Å². The van der Waals surface area contributed by atoms with Gasteiger partial charge in [-0.1, -0.05) is 24.3 Å². The molecule has 0 N–H and O–H groups in total. The second-order valence-corrected chi connectivity index (χ2v) is 16.9. The Labute approximate surface area is 316 Å². The van der Waals surface area contributed by atoms with Gasteiger partial charge < -0.3 is 18.9 Å². The zero-order valence-electron chi connectivity index (χ0n) is 33.1. The predicted molar refractivity (Wildman–Crippen MR) is 207 cm³/mol. The average molecular weight is 739 g/mol. The minimum Gasteiger partial charge on any atom is -0.443 e. The van der Waals surface area contributed by atoms with Gasteiger partial charge in [0.05, 0.1) is 34.2 Å². The van der Waals surface area contributed by atoms with Gasteiger partial charge in [-0.2, -0.15) is 0 Å². The topological polar surface area (TPSA) is 125 Å². The summed E-state index contributed by atoms with van der Waals surface area (Å²) < 4.78 is 28.7. The summed E-state index contributed by atoms with van der Waals surface area (Å²) in [5, 5.41) is 0. The van der Waals surface area contributed by atoms with E-state index in [4.69, 9.17) is 18.9 Å². The van der Waals surface area contributed by atoms with Crippen molar-refractivity contribution in [2.45, 2.75) is 105 Å². The van der Waals surface area contributed by atoms with Gasteiger partial charge in [0.2, 0.25) is 0 Å². The SMILES string of the molecule is CC(C)(C)OC(=O)n1cccc1-c1ccc(-c2ccccc2-c2ccc(-c3cccn3C(=O)OC(C)(C)C)n2C(=O)OC(C)(C)C)n1C(=O)OC(C)(C)C. The van der Waals surface area contributed by atoms with Gasteiger partial charge in [0.25, 0.3) is 0 Å². The van der Waals surface area contributed by atoms with E-state index >= 15 is 0 Å². The highest BCUT2D eigenvalue weighted by molar-refractivity contribution is 5.94. The Morgan fingerprint density at radius 1 is 0.370 bits per heavy atom. The molecule has 0 atom stereocenters. The Morgan fingerprint density at radius 3 is 0.981 bits per heavy atom. The minimum absolute atomic E-state index is 0.378. The molecule has 12 heteroatoms. The van der Waals surface area contributed by atoms with Crippen LogP contribution < -0.4 is 0 Å². The Kier molecular flexibility index (Phi) is 10.4. The van der Waals surface area contributed by atoms with E-state index in [1.807, 2.05) is 24.3 Å². The number of hydrogen-bond acceptors (Lipinski definition) is 8. The van der Waals surface area contributed by atoms with Crippen molar-refractivity contribution in [1.29, 1.82) is 0 Å². The number of carbonyl (C=O) groups is 4. The predicted octanol–water partition coefficient (Wildman–Crippen LogP) is 10.7. The zero-order chi connectivity index (χ0) is 40.0. The van der Waals surface area contributed by atoms with Crippen LogP contribution in [0.3, 0.4) is 0 Å². The van der Waals surface area contributed by atoms with Crippen molar-refractivity contribution in [2.75, 3.05) is 0 Å². The van der Waals surface area contributed by atoms with Gasteiger partial charge in [-0.15, -0.1) is 0 Å². The minimum atomic E-state index is -0.855. The molecular formula is C42H50N4O8. The fraction of sp³-hybridized carbons (Fsp3) is 0.381. The van der Waals surface area contributed by atoms with Crippen molar-refractivity contribution in [3.63, 3.8) is 0 Å². The Bertz CT molecular complexity index is 2040. The van der Waals surface area contributed by atoms with Gasteiger partial charge in [0, 0.05) is 23.5 Å². The second kappa shape index (κ2) is 14.2. The normalized spacial score (nSPS) is 12.4. The Hall–Kier alpha value is -5.78. The third-order valence-corrected chi connectivity index (χ3v) is 7.60. The fourth-order valence-electron chi connectivity index (χ4n) is 5.75. The van der Waals surface area contributed by atoms with E-state index in [9.17, 15) is 19.2 Å². The van der Waals surface area contributed by atoms with E-state index in [0.29, 0.717) is 45.3 Å². The summed E-state index contributed by atoms with van der Waals surface area (Å²) in [7, 11) is 0. The Morgan fingerprint density at radius 2 is 0.667 bits per heavy atom. The van der Waals surface area contributed by atoms with Crippen LogP contribution in [0.5, 0.6) is 0 Å². The van der Waals surface area contributed by atoms with Crippen LogP contribution in [0.4, 0.5) is 19.2 Å². The number of ether oxygens (including phenoxy) is 4. The van der Waals surface area contributed by atoms with Crippen molar-refractivity contribution >= 4 is 24.4 Å². The lowest BCUT2D eigenvalue weighted by Crippen LogP contribution is -2.29. The molecule has 1 aromatic carbocycles. The molecule has 0 aliphatic carbocycles. The number of aromatic nitrogens is 4. The molecule has 0 unspecified atom stereocenters. The standard InChI is InChI=1S/C42H50N4O8/c1-39(2,3)51-35(47)43-25-15-19-31(43)33-23-21-29(45(33)37(49)53-41(7,8)9)27-17-13-14-18-28(27)30-22-24-34(46(30)38(50)54-42(10,11)12)32-20-16-26-44(32)36(48)52-40(4,5)6/h13-26H,1-12H3. The van der Waals surface area contributed by atoms with Crippen molar-refractivity contribution in [3.05, 3.63) is 85.2 Å². The summed E-state index contributed by atoms with van der Waals surface area (Å²) in [5.74, 6) is 0. The maximum atomic E-state index is 14.2. The monoisotopic (exact) mass is 738 g/mol. The van der Waals surface area contributed by atoms with Crippen LogP contribution in [0.15, 0.2) is 85.2 Å². The van der Waals surface area contributed by atoms with Crippen LogP contribution in [0.25, 0.3) is 45.3 Å². The third kappa shape index (κ3) is 8.87. The van der Waals surface area contributed by atoms with Gasteiger partial charge in [0.1, 0.15) is 22.4 Å². The lowest BCUT2D eigenvalue weighted by atomic mass is 10.0. The van der Waals surface area contributed by atoms with Gasteiger partial charge in [-0.05, 0) is 132 Å². The smallest absolute Gasteiger partial charge is 0.419 e. The second-order valence-electron chi connectivity index (χ2n) is 16.9. The number of nitrogens with zero attached hydrogens (tertiary/aromatic N) is 4. The highest BCUT2D eigenvalue weighted by Crippen LogP contribution is 2.39. The summed E-state index contributed by atoms with van der Waals surface area (Å²) in [4.78, 5) is 55.0. The summed E-state index contributed by atoms with van der Waals surface area (Å²) >= 11 is 0. The number of benzene rings is 1. The molecule has 0 radical (unpaired) electrons. The first-order valence-corrected chi connectivity index (χ1v) is 17.8. The van der Waals surface area contributed by atoms with Crippen molar-refractivity contribution < 1.29 is 38.1 Å². The quantitative estimate of drug-likeness (QED) is 0.167. The molecule has 0 spiro atoms. The zero-order valence-corrected chi connectivity index (χ0v) is 33.1. The molecule has 286 valence electrons. The number of hydrogen-bond donors (Lipinski definition) is 0. The van der Waals surface area contributed by atoms with Crippen LogP contribution >= 0.6 is 0 Å². The molecule has 0 amide bonds. The van der Waals surface area contributed by atoms with E-state index in [0.717, 1.165) is 0 Å². The van der Waals surface area contributed by atoms with Gasteiger partial charge in [-0.3, -0.25) is 9.13 Å². The molecule has 5 rings (SSSR count). The molecular weight excluding hydrogens is 688 g/mol. The average Bonchev–Trinajstić information content (AvgIpc) is 3.82. The molecule has 0 saturated carbocycles. The molecule has 5 aromatic rings. The van der Waals surface area contributed by atoms with E-state index < -0.39 is 46.8 Å². The molecule has 54 heavy (non-hydrogen) atoms. The van der Waals surface area contributed by atoms with E-state index in [2.05, 4.69) is 0 Å². The number of rotatable bonds is 4. The van der Waals surface area contributed by atoms with Crippen LogP contribution in [0, 0.1) is 0 Å². The van der Waals surface area contributed by atoms with Crippen molar-refractivity contribution in [1.82, 2.24) is 18.3 Å². The van der Waals surface area contributed by atoms with Crippen LogP contribution in [0.2, 0.25) is 0 Å². The highest BCUT2D eigenvalue weighted by Gasteiger charge is 2.31. The summed E-state index contributed by atoms with van der Waals surface area (Å²) in [6.45, 7) is 21.3. The molecule has 0 saturated heterocycles. The van der Waals surface area contributed by atoms with Crippen LogP contribution in [0.1, 0.15) is 83.1 Å². The van der Waals surface area contributed by atoms with Crippen molar-refractivity contribution in [3.8, 4) is 45.3 Å². The molecule has 4 heterocycles. The summed E-state index contributed by atoms with van der Waals surface area (Å²) in [6.07, 6.45) is 0.572. The molecule has 0 bridgehead atoms. The molecule has 0 aliphatic heterocycles. The molecule has 4 aromatic heterocycles. The maximum Gasteiger partial charge on any atom is 0.419 e. The third-order valence-electron chi connectivity index (χ3n) is 7.60. The van der Waals surface area contributed by atoms with Crippen LogP contribution in [-0.2, 0) is 18.9 Å². The first-order chi connectivity index (χ1) is 24.9. The van der Waals surface area contributed by atoms with Crippen molar-refractivity contribution in [2.24, 2.45) is 0 Å². The summed E-state index contributed by atoms with van der Waals surface area (Å²) in [6, 6.07) is 21.1. The van der Waals surface area contributed by atoms with E-state index in [1.165, 1.54) is 18.3 Å². The summed E-state index contributed by atoms with van der Waals surface area (Å²) in [5.41, 5.74) is 0.346. The van der Waals surface area contributed by atoms with Crippen LogP contribution in [-0.4, -0.2) is 65.0 Å². The molecule has 0 aliphatic rings. The first-order valence-electron chi connectivity index (χ1n) is 17.8. The highest BCUT2D eigenvalue weighted by atomic mass is 16.6.